The van der Waals surface area contributed by atoms with Crippen LogP contribution in [0.25, 0.3) is 0 Å². The Kier molecular flexibility index (Phi) is 5.58. The van der Waals surface area contributed by atoms with Gasteiger partial charge in [0.15, 0.2) is 0 Å². The molecule has 1 N–H and O–H groups in total. The first-order chi connectivity index (χ1) is 8.52. The van der Waals surface area contributed by atoms with E-state index in [1.165, 1.54) is 12.1 Å². The third-order valence-electron chi connectivity index (χ3n) is 2.46. The van der Waals surface area contributed by atoms with Crippen LogP contribution in [0.1, 0.15) is 13.3 Å². The zero-order chi connectivity index (χ0) is 13.5. The Bertz CT molecular complexity index is 380. The molecule has 100 valence electrons. The van der Waals surface area contributed by atoms with Crippen LogP contribution in [0.5, 0.6) is 0 Å². The van der Waals surface area contributed by atoms with Crippen LogP contribution in [0.3, 0.4) is 0 Å². The van der Waals surface area contributed by atoms with Gasteiger partial charge in [-0.3, -0.25) is 4.79 Å². The summed E-state index contributed by atoms with van der Waals surface area (Å²) in [5, 5.41) is 9.72. The summed E-state index contributed by atoms with van der Waals surface area (Å²) in [5.74, 6) is -0.725. The number of hydrogen-bond acceptors (Lipinski definition) is 4. The fraction of sp³-hybridized carbons (Fsp3) is 0.462. The first-order valence-electron chi connectivity index (χ1n) is 5.83. The summed E-state index contributed by atoms with van der Waals surface area (Å²) in [6, 6.07) is 5.94. The molecule has 0 heterocycles. The third kappa shape index (κ3) is 4.71. The van der Waals surface area contributed by atoms with Crippen molar-refractivity contribution in [3.8, 4) is 0 Å². The Morgan fingerprint density at radius 1 is 1.44 bits per heavy atom. The molecule has 0 aromatic heterocycles. The molecule has 0 saturated heterocycles. The molecule has 0 saturated carbocycles. The molecule has 1 unspecified atom stereocenters. The standard InChI is InChI=1S/C13H18FNO3/c1-3-18-13(17)8-12(16)9-15(2)11-6-4-10(14)5-7-11/h4-7,12,16H,3,8-9H2,1-2H3. The number of hydrogen-bond donors (Lipinski definition) is 1. The van der Waals surface area contributed by atoms with Gasteiger partial charge in [0.05, 0.1) is 19.1 Å². The van der Waals surface area contributed by atoms with Crippen molar-refractivity contribution >= 4 is 11.7 Å². The van der Waals surface area contributed by atoms with Crippen LogP contribution in [0, 0.1) is 5.82 Å². The molecule has 1 aromatic carbocycles. The summed E-state index contributed by atoms with van der Waals surface area (Å²) >= 11 is 0. The molecule has 0 aliphatic rings. The molecule has 0 aliphatic heterocycles. The number of esters is 1. The molecule has 4 nitrogen and oxygen atoms in total. The van der Waals surface area contributed by atoms with Gasteiger partial charge in [0, 0.05) is 19.3 Å². The zero-order valence-corrected chi connectivity index (χ0v) is 10.6. The summed E-state index contributed by atoms with van der Waals surface area (Å²) in [7, 11) is 1.77. The Morgan fingerprint density at radius 2 is 2.06 bits per heavy atom. The zero-order valence-electron chi connectivity index (χ0n) is 10.6. The maximum Gasteiger partial charge on any atom is 0.308 e. The molecule has 0 radical (unpaired) electrons. The van der Waals surface area contributed by atoms with Gasteiger partial charge in [-0.1, -0.05) is 0 Å². The van der Waals surface area contributed by atoms with E-state index in [4.69, 9.17) is 4.74 Å². The van der Waals surface area contributed by atoms with Crippen molar-refractivity contribution in [3.63, 3.8) is 0 Å². The summed E-state index contributed by atoms with van der Waals surface area (Å²) in [4.78, 5) is 12.9. The summed E-state index contributed by atoms with van der Waals surface area (Å²) in [6.07, 6.45) is -0.849. The van der Waals surface area contributed by atoms with E-state index in [0.717, 1.165) is 5.69 Å². The maximum absolute atomic E-state index is 12.7. The Morgan fingerprint density at radius 3 is 2.61 bits per heavy atom. The Hall–Kier alpha value is -1.62. The molecular formula is C13H18FNO3. The fourth-order valence-electron chi connectivity index (χ4n) is 1.59. The minimum atomic E-state index is -0.806. The first kappa shape index (κ1) is 14.4. The van der Waals surface area contributed by atoms with E-state index in [1.54, 1.807) is 31.0 Å². The molecule has 18 heavy (non-hydrogen) atoms. The lowest BCUT2D eigenvalue weighted by molar-refractivity contribution is -0.145. The fourth-order valence-corrected chi connectivity index (χ4v) is 1.59. The van der Waals surface area contributed by atoms with Crippen molar-refractivity contribution in [2.45, 2.75) is 19.4 Å². The van der Waals surface area contributed by atoms with E-state index in [-0.39, 0.29) is 18.8 Å². The topological polar surface area (TPSA) is 49.8 Å². The second-order valence-corrected chi connectivity index (χ2v) is 4.02. The second-order valence-electron chi connectivity index (χ2n) is 4.02. The lowest BCUT2D eigenvalue weighted by Gasteiger charge is -2.22. The van der Waals surface area contributed by atoms with E-state index in [9.17, 15) is 14.3 Å². The predicted octanol–water partition coefficient (Wildman–Crippen LogP) is 1.58. The third-order valence-corrected chi connectivity index (χ3v) is 2.46. The Balaban J connectivity index is 2.46. The van der Waals surface area contributed by atoms with Gasteiger partial charge >= 0.3 is 5.97 Å². The van der Waals surface area contributed by atoms with Crippen LogP contribution in [0.4, 0.5) is 10.1 Å². The predicted molar refractivity (Wildman–Crippen MR) is 66.9 cm³/mol. The highest BCUT2D eigenvalue weighted by Crippen LogP contribution is 2.13. The van der Waals surface area contributed by atoms with Crippen molar-refractivity contribution in [1.29, 1.82) is 0 Å². The minimum absolute atomic E-state index is 0.0423. The van der Waals surface area contributed by atoms with Crippen molar-refractivity contribution in [2.75, 3.05) is 25.1 Å². The lowest BCUT2D eigenvalue weighted by Crippen LogP contribution is -2.31. The van der Waals surface area contributed by atoms with Crippen LogP contribution >= 0.6 is 0 Å². The van der Waals surface area contributed by atoms with Crippen LogP contribution in [-0.4, -0.2) is 37.4 Å². The number of aliphatic hydroxyl groups is 1. The quantitative estimate of drug-likeness (QED) is 0.784. The lowest BCUT2D eigenvalue weighted by atomic mass is 10.2. The van der Waals surface area contributed by atoms with Crippen molar-refractivity contribution < 1.29 is 19.0 Å². The first-order valence-corrected chi connectivity index (χ1v) is 5.83. The number of carbonyl (C=O) groups excluding carboxylic acids is 1. The molecule has 5 heteroatoms. The largest absolute Gasteiger partial charge is 0.466 e. The molecule has 0 aliphatic carbocycles. The summed E-state index contributed by atoms with van der Waals surface area (Å²) < 4.78 is 17.5. The van der Waals surface area contributed by atoms with Crippen molar-refractivity contribution in [3.05, 3.63) is 30.1 Å². The van der Waals surface area contributed by atoms with E-state index in [2.05, 4.69) is 0 Å². The number of aliphatic hydroxyl groups excluding tert-OH is 1. The average Bonchev–Trinajstić information content (AvgIpc) is 2.29. The smallest absolute Gasteiger partial charge is 0.308 e. The number of anilines is 1. The van der Waals surface area contributed by atoms with Gasteiger partial charge in [-0.15, -0.1) is 0 Å². The van der Waals surface area contributed by atoms with Crippen LogP contribution in [0.2, 0.25) is 0 Å². The van der Waals surface area contributed by atoms with Crippen LogP contribution < -0.4 is 4.90 Å². The van der Waals surface area contributed by atoms with Gasteiger partial charge < -0.3 is 14.7 Å². The minimum Gasteiger partial charge on any atom is -0.466 e. The van der Waals surface area contributed by atoms with Gasteiger partial charge in [-0.25, -0.2) is 4.39 Å². The maximum atomic E-state index is 12.7. The average molecular weight is 255 g/mol. The monoisotopic (exact) mass is 255 g/mol. The van der Waals surface area contributed by atoms with Gasteiger partial charge in [-0.2, -0.15) is 0 Å². The van der Waals surface area contributed by atoms with Gasteiger partial charge in [-0.05, 0) is 31.2 Å². The SMILES string of the molecule is CCOC(=O)CC(O)CN(C)c1ccc(F)cc1. The van der Waals surface area contributed by atoms with Gasteiger partial charge in [0.1, 0.15) is 5.82 Å². The molecule has 1 atom stereocenters. The van der Waals surface area contributed by atoms with E-state index < -0.39 is 12.1 Å². The van der Waals surface area contributed by atoms with Gasteiger partial charge in [0.2, 0.25) is 0 Å². The molecule has 0 bridgehead atoms. The summed E-state index contributed by atoms with van der Waals surface area (Å²) in [6.45, 7) is 2.30. The number of likely N-dealkylation sites (N-methyl/N-ethyl adjacent to an activating group) is 1. The second kappa shape index (κ2) is 6.96. The van der Waals surface area contributed by atoms with E-state index in [1.807, 2.05) is 0 Å². The number of nitrogens with zero attached hydrogens (tertiary/aromatic N) is 1. The van der Waals surface area contributed by atoms with Gasteiger partial charge in [0.25, 0.3) is 0 Å². The normalized spacial score (nSPS) is 12.0. The molecule has 0 spiro atoms. The van der Waals surface area contributed by atoms with Crippen LogP contribution in [0.15, 0.2) is 24.3 Å². The van der Waals surface area contributed by atoms with E-state index in [0.29, 0.717) is 6.61 Å². The molecule has 0 fully saturated rings. The van der Waals surface area contributed by atoms with E-state index >= 15 is 0 Å². The number of benzene rings is 1. The highest BCUT2D eigenvalue weighted by atomic mass is 19.1. The highest BCUT2D eigenvalue weighted by molar-refractivity contribution is 5.70. The Labute approximate surface area is 106 Å². The summed E-state index contributed by atoms with van der Waals surface area (Å²) in [5.41, 5.74) is 0.777. The molecule has 0 amide bonds. The number of ether oxygens (including phenoxy) is 1. The molecular weight excluding hydrogens is 237 g/mol. The number of carbonyl (C=O) groups is 1. The highest BCUT2D eigenvalue weighted by Gasteiger charge is 2.14. The molecule has 1 rings (SSSR count). The van der Waals surface area contributed by atoms with Crippen molar-refractivity contribution in [2.24, 2.45) is 0 Å². The number of halogens is 1. The number of rotatable bonds is 6. The van der Waals surface area contributed by atoms with Crippen molar-refractivity contribution in [1.82, 2.24) is 0 Å². The van der Waals surface area contributed by atoms with Crippen LogP contribution in [-0.2, 0) is 9.53 Å². The molecule has 1 aromatic rings.